The number of aliphatic imine (C=N–C) groups is 1. The van der Waals surface area contributed by atoms with Crippen molar-refractivity contribution in [1.29, 1.82) is 5.26 Å². The molecule has 0 radical (unpaired) electrons. The van der Waals surface area contributed by atoms with Gasteiger partial charge in [-0.2, -0.15) is 5.26 Å². The van der Waals surface area contributed by atoms with Gasteiger partial charge in [0.25, 0.3) is 5.88 Å². The van der Waals surface area contributed by atoms with Crippen LogP contribution in [0.1, 0.15) is 31.4 Å². The molecule has 1 aromatic rings. The summed E-state index contributed by atoms with van der Waals surface area (Å²) in [7, 11) is 0. The highest BCUT2D eigenvalue weighted by Crippen LogP contribution is 2.32. The van der Waals surface area contributed by atoms with Crippen LogP contribution in [0.2, 0.25) is 0 Å². The fourth-order valence-electron chi connectivity index (χ4n) is 2.95. The first-order valence-electron chi connectivity index (χ1n) is 9.05. The number of thioether (sulfide) groups is 1. The smallest absolute Gasteiger partial charge is 0.352 e. The van der Waals surface area contributed by atoms with E-state index in [0.29, 0.717) is 11.1 Å². The summed E-state index contributed by atoms with van der Waals surface area (Å²) in [6, 6.07) is 6.65. The number of hydrogen-bond donors (Lipinski definition) is 2. The number of aliphatic carboxylic acids is 1. The topological polar surface area (TPSA) is 155 Å². The predicted octanol–water partition coefficient (Wildman–Crippen LogP) is 2.72. The van der Waals surface area contributed by atoms with Crippen molar-refractivity contribution in [3.05, 3.63) is 51.0 Å². The number of allylic oxidation sites excluding steroid dienone is 1. The summed E-state index contributed by atoms with van der Waals surface area (Å²) in [4.78, 5) is 27.4. The number of nitriles is 1. The number of aryl methyl sites for hydroxylation is 1. The van der Waals surface area contributed by atoms with E-state index in [0.717, 1.165) is 5.01 Å². The molecule has 1 aliphatic rings. The zero-order chi connectivity index (χ0) is 22.6. The summed E-state index contributed by atoms with van der Waals surface area (Å²) in [6.45, 7) is 5.36. The second kappa shape index (κ2) is 9.60. The van der Waals surface area contributed by atoms with Gasteiger partial charge in [-0.15, -0.1) is 11.8 Å². The Hall–Kier alpha value is -3.10. The number of carboxylic acid groups (broad SMARTS) is 1. The molecule has 1 aromatic carbocycles. The quantitative estimate of drug-likeness (QED) is 0.357. The van der Waals surface area contributed by atoms with Gasteiger partial charge in [0.1, 0.15) is 17.4 Å². The van der Waals surface area contributed by atoms with E-state index < -0.39 is 28.0 Å². The molecule has 1 aliphatic heterocycles. The van der Waals surface area contributed by atoms with Crippen LogP contribution in [-0.4, -0.2) is 38.5 Å². The average molecular weight is 433 g/mol. The van der Waals surface area contributed by atoms with Gasteiger partial charge in [0.2, 0.25) is 0 Å². The molecule has 0 saturated carbocycles. The van der Waals surface area contributed by atoms with Crippen molar-refractivity contribution < 1.29 is 19.6 Å². The lowest BCUT2D eigenvalue weighted by Gasteiger charge is -2.31. The lowest BCUT2D eigenvalue weighted by atomic mass is 9.90. The number of nitrogens with two attached hydrogens (primary N) is 1. The number of benzene rings is 1. The molecule has 3 N–H and O–H groups in total. The number of rotatable bonds is 8. The van der Waals surface area contributed by atoms with Crippen LogP contribution in [0.3, 0.4) is 0 Å². The molecule has 0 spiro atoms. The largest absolute Gasteiger partial charge is 0.481 e. The number of carboxylic acids is 1. The first kappa shape index (κ1) is 23.2. The average Bonchev–Trinajstić information content (AvgIpc) is 2.68. The van der Waals surface area contributed by atoms with E-state index in [1.165, 1.54) is 17.8 Å². The molecule has 0 aliphatic carbocycles. The van der Waals surface area contributed by atoms with E-state index in [1.807, 2.05) is 19.9 Å². The van der Waals surface area contributed by atoms with Crippen molar-refractivity contribution in [3.8, 4) is 11.8 Å². The maximum atomic E-state index is 12.0. The second-order valence-electron chi connectivity index (χ2n) is 7.11. The zero-order valence-electron chi connectivity index (χ0n) is 17.0. The van der Waals surface area contributed by atoms with Crippen LogP contribution in [0.15, 0.2) is 34.8 Å². The lowest BCUT2D eigenvalue weighted by Crippen LogP contribution is -2.47. The second-order valence-corrected chi connectivity index (χ2v) is 8.00. The number of nitro groups is 1. The number of nitrogens with zero attached hydrogens (tertiary/aromatic N) is 4. The van der Waals surface area contributed by atoms with E-state index in [9.17, 15) is 20.0 Å². The molecule has 30 heavy (non-hydrogen) atoms. The molecular weight excluding hydrogens is 410 g/mol. The first-order valence-corrected chi connectivity index (χ1v) is 10.3. The van der Waals surface area contributed by atoms with Gasteiger partial charge in [-0.3, -0.25) is 14.9 Å². The van der Waals surface area contributed by atoms with E-state index >= 15 is 0 Å². The third-order valence-electron chi connectivity index (χ3n) is 4.42. The van der Waals surface area contributed by atoms with Crippen molar-refractivity contribution in [2.45, 2.75) is 32.7 Å². The SMILES string of the molecule is CSC1N=C(C(CC(C)C)C(=O)O)C([N+](=O)[O-])=C(Oc2cc(C#N)ccc2C)N1N. The van der Waals surface area contributed by atoms with Gasteiger partial charge >= 0.3 is 11.7 Å². The summed E-state index contributed by atoms with van der Waals surface area (Å²) in [6.07, 6.45) is 1.85. The van der Waals surface area contributed by atoms with Gasteiger partial charge in [0, 0.05) is 0 Å². The summed E-state index contributed by atoms with van der Waals surface area (Å²) in [5.74, 6) is 3.51. The van der Waals surface area contributed by atoms with Gasteiger partial charge < -0.3 is 9.84 Å². The molecule has 0 bridgehead atoms. The minimum Gasteiger partial charge on any atom is -0.481 e. The van der Waals surface area contributed by atoms with Crippen LogP contribution in [0.4, 0.5) is 0 Å². The molecule has 11 heteroatoms. The highest BCUT2D eigenvalue weighted by molar-refractivity contribution is 7.99. The Labute approximate surface area is 178 Å². The van der Waals surface area contributed by atoms with E-state index in [4.69, 9.17) is 15.8 Å². The molecule has 1 heterocycles. The maximum absolute atomic E-state index is 12.0. The highest BCUT2D eigenvalue weighted by atomic mass is 32.2. The Morgan fingerprint density at radius 2 is 2.20 bits per heavy atom. The number of hydrazine groups is 1. The maximum Gasteiger partial charge on any atom is 0.352 e. The first-order chi connectivity index (χ1) is 14.1. The number of hydrogen-bond acceptors (Lipinski definition) is 9. The van der Waals surface area contributed by atoms with Crippen molar-refractivity contribution in [2.75, 3.05) is 6.26 Å². The summed E-state index contributed by atoms with van der Waals surface area (Å²) in [5, 5.41) is 31.9. The van der Waals surface area contributed by atoms with Crippen molar-refractivity contribution >= 4 is 23.4 Å². The standard InChI is InChI=1S/C19H23N5O5S/c1-10(2)7-13(18(25)26)15-16(24(27)28)17(23(21)19(22-15)30-4)29-14-8-12(9-20)6-5-11(14)3/h5-6,8,10,13,19H,7,21H2,1-4H3,(H,25,26). The summed E-state index contributed by atoms with van der Waals surface area (Å²) < 4.78 is 5.81. The Bertz CT molecular complexity index is 953. The van der Waals surface area contributed by atoms with Gasteiger partial charge in [0.15, 0.2) is 5.50 Å². The van der Waals surface area contributed by atoms with Crippen LogP contribution >= 0.6 is 11.8 Å². The minimum atomic E-state index is -1.21. The molecule has 10 nitrogen and oxygen atoms in total. The highest BCUT2D eigenvalue weighted by Gasteiger charge is 2.44. The third kappa shape index (κ3) is 4.90. The Morgan fingerprint density at radius 3 is 2.70 bits per heavy atom. The summed E-state index contributed by atoms with van der Waals surface area (Å²) >= 11 is 1.18. The summed E-state index contributed by atoms with van der Waals surface area (Å²) in [5.41, 5.74) is -0.674. The molecule has 2 atom stereocenters. The number of carbonyl (C=O) groups is 1. The van der Waals surface area contributed by atoms with E-state index in [2.05, 4.69) is 4.99 Å². The predicted molar refractivity (Wildman–Crippen MR) is 112 cm³/mol. The van der Waals surface area contributed by atoms with Gasteiger partial charge in [-0.25, -0.2) is 15.8 Å². The fraction of sp³-hybridized carbons (Fsp3) is 0.421. The minimum absolute atomic E-state index is 0.0376. The van der Waals surface area contributed by atoms with E-state index in [1.54, 1.807) is 25.3 Å². The molecule has 160 valence electrons. The molecule has 0 aromatic heterocycles. The van der Waals surface area contributed by atoms with Crippen LogP contribution in [0.25, 0.3) is 0 Å². The molecule has 0 amide bonds. The monoisotopic (exact) mass is 433 g/mol. The van der Waals surface area contributed by atoms with Gasteiger partial charge in [-0.1, -0.05) is 19.9 Å². The Balaban J connectivity index is 2.68. The van der Waals surface area contributed by atoms with Gasteiger partial charge in [-0.05, 0) is 43.2 Å². The van der Waals surface area contributed by atoms with Crippen LogP contribution in [0, 0.1) is 40.2 Å². The number of ether oxygens (including phenoxy) is 1. The van der Waals surface area contributed by atoms with Crippen LogP contribution in [0.5, 0.6) is 5.75 Å². The Morgan fingerprint density at radius 1 is 1.53 bits per heavy atom. The van der Waals surface area contributed by atoms with Crippen LogP contribution in [-0.2, 0) is 4.79 Å². The van der Waals surface area contributed by atoms with E-state index in [-0.39, 0.29) is 29.7 Å². The zero-order valence-corrected chi connectivity index (χ0v) is 17.8. The van der Waals surface area contributed by atoms with Crippen molar-refractivity contribution in [1.82, 2.24) is 5.01 Å². The molecule has 2 unspecified atom stereocenters. The molecule has 0 saturated heterocycles. The van der Waals surface area contributed by atoms with Crippen LogP contribution < -0.4 is 10.6 Å². The lowest BCUT2D eigenvalue weighted by molar-refractivity contribution is -0.420. The fourth-order valence-corrected chi connectivity index (χ4v) is 3.49. The van der Waals surface area contributed by atoms with Gasteiger partial charge in [0.05, 0.1) is 16.6 Å². The normalized spacial score (nSPS) is 17.4. The molecule has 0 fully saturated rings. The molecule has 2 rings (SSSR count). The molecular formula is C19H23N5O5S. The van der Waals surface area contributed by atoms with Crippen molar-refractivity contribution in [3.63, 3.8) is 0 Å². The third-order valence-corrected chi connectivity index (χ3v) is 5.17. The van der Waals surface area contributed by atoms with Crippen molar-refractivity contribution in [2.24, 2.45) is 22.7 Å². The Kier molecular flexibility index (Phi) is 7.42.